The van der Waals surface area contributed by atoms with Crippen molar-refractivity contribution in [2.45, 2.75) is 26.7 Å². The topological polar surface area (TPSA) is 32.9 Å². The summed E-state index contributed by atoms with van der Waals surface area (Å²) in [7, 11) is 0. The van der Waals surface area contributed by atoms with Gasteiger partial charge >= 0.3 is 0 Å². The van der Waals surface area contributed by atoms with Crippen LogP contribution >= 0.6 is 0 Å². The zero-order valence-electron chi connectivity index (χ0n) is 12.4. The summed E-state index contributed by atoms with van der Waals surface area (Å²) in [5, 5.41) is 1.14. The molecular formula is C19H19NO. The molecule has 0 saturated carbocycles. The first-order valence-corrected chi connectivity index (χ1v) is 7.30. The van der Waals surface area contributed by atoms with E-state index >= 15 is 0 Å². The van der Waals surface area contributed by atoms with Crippen molar-refractivity contribution in [3.63, 3.8) is 0 Å². The summed E-state index contributed by atoms with van der Waals surface area (Å²) in [5.74, 6) is 0.200. The van der Waals surface area contributed by atoms with E-state index in [0.29, 0.717) is 6.42 Å². The van der Waals surface area contributed by atoms with Crippen molar-refractivity contribution < 1.29 is 4.79 Å². The van der Waals surface area contributed by atoms with Crippen molar-refractivity contribution in [3.8, 4) is 0 Å². The summed E-state index contributed by atoms with van der Waals surface area (Å²) in [6, 6.07) is 14.3. The number of H-pyrrole nitrogens is 1. The van der Waals surface area contributed by atoms with Gasteiger partial charge in [0.25, 0.3) is 0 Å². The second-order valence-electron chi connectivity index (χ2n) is 5.63. The van der Waals surface area contributed by atoms with E-state index in [4.69, 9.17) is 0 Å². The Kier molecular flexibility index (Phi) is 3.61. The van der Waals surface area contributed by atoms with Crippen LogP contribution in [-0.2, 0) is 6.42 Å². The molecule has 106 valence electrons. The minimum Gasteiger partial charge on any atom is -0.361 e. The molecule has 0 fully saturated rings. The zero-order chi connectivity index (χ0) is 14.8. The van der Waals surface area contributed by atoms with E-state index in [9.17, 15) is 4.79 Å². The first-order valence-electron chi connectivity index (χ1n) is 7.30. The van der Waals surface area contributed by atoms with Crippen LogP contribution in [0.5, 0.6) is 0 Å². The molecular weight excluding hydrogens is 258 g/mol. The molecule has 0 spiro atoms. The zero-order valence-corrected chi connectivity index (χ0v) is 12.4. The standard InChI is InChI=1S/C19H19NO/c1-13-3-4-15(14(2)11-13)7-8-19(21)17-6-5-16-9-10-20-18(16)12-17/h3-6,9-12,20H,7-8H2,1-2H3. The van der Waals surface area contributed by atoms with Gasteiger partial charge in [0.15, 0.2) is 5.78 Å². The summed E-state index contributed by atoms with van der Waals surface area (Å²) in [5.41, 5.74) is 5.60. The van der Waals surface area contributed by atoms with Crippen LogP contribution in [0.15, 0.2) is 48.7 Å². The number of rotatable bonds is 4. The van der Waals surface area contributed by atoms with Crippen LogP contribution in [0.3, 0.4) is 0 Å². The third-order valence-electron chi connectivity index (χ3n) is 4.00. The van der Waals surface area contributed by atoms with Crippen LogP contribution in [-0.4, -0.2) is 10.8 Å². The molecule has 0 aliphatic rings. The summed E-state index contributed by atoms with van der Waals surface area (Å²) >= 11 is 0. The van der Waals surface area contributed by atoms with Gasteiger partial charge in [-0.3, -0.25) is 4.79 Å². The molecule has 2 aromatic carbocycles. The molecule has 0 unspecified atom stereocenters. The highest BCUT2D eigenvalue weighted by molar-refractivity contribution is 5.99. The van der Waals surface area contributed by atoms with Gasteiger partial charge in [-0.1, -0.05) is 35.9 Å². The Morgan fingerprint density at radius 3 is 2.71 bits per heavy atom. The van der Waals surface area contributed by atoms with Crippen LogP contribution in [0.25, 0.3) is 10.9 Å². The number of hydrogen-bond donors (Lipinski definition) is 1. The second-order valence-corrected chi connectivity index (χ2v) is 5.63. The highest BCUT2D eigenvalue weighted by atomic mass is 16.1. The van der Waals surface area contributed by atoms with E-state index < -0.39 is 0 Å². The van der Waals surface area contributed by atoms with Crippen molar-refractivity contribution in [1.82, 2.24) is 4.98 Å². The Bertz CT molecular complexity index is 798. The summed E-state index contributed by atoms with van der Waals surface area (Å²) in [4.78, 5) is 15.5. The minimum absolute atomic E-state index is 0.200. The van der Waals surface area contributed by atoms with Crippen LogP contribution in [0, 0.1) is 13.8 Å². The molecule has 3 aromatic rings. The number of carbonyl (C=O) groups excluding carboxylic acids is 1. The van der Waals surface area contributed by atoms with Gasteiger partial charge in [-0.2, -0.15) is 0 Å². The molecule has 21 heavy (non-hydrogen) atoms. The molecule has 1 heterocycles. The first-order chi connectivity index (χ1) is 10.1. The third-order valence-corrected chi connectivity index (χ3v) is 4.00. The van der Waals surface area contributed by atoms with Crippen LogP contribution in [0.1, 0.15) is 33.5 Å². The van der Waals surface area contributed by atoms with Crippen molar-refractivity contribution >= 4 is 16.7 Å². The normalized spacial score (nSPS) is 11.0. The highest BCUT2D eigenvalue weighted by Gasteiger charge is 2.08. The van der Waals surface area contributed by atoms with E-state index in [-0.39, 0.29) is 5.78 Å². The Labute approximate surface area is 124 Å². The number of carbonyl (C=O) groups is 1. The SMILES string of the molecule is Cc1ccc(CCC(=O)c2ccc3cc[nH]c3c2)c(C)c1. The Hall–Kier alpha value is -2.35. The molecule has 3 rings (SSSR count). The van der Waals surface area contributed by atoms with E-state index in [0.717, 1.165) is 22.9 Å². The molecule has 0 saturated heterocycles. The summed E-state index contributed by atoms with van der Waals surface area (Å²) in [6.45, 7) is 4.20. The van der Waals surface area contributed by atoms with Crippen molar-refractivity contribution in [2.75, 3.05) is 0 Å². The highest BCUT2D eigenvalue weighted by Crippen LogP contribution is 2.17. The number of benzene rings is 2. The lowest BCUT2D eigenvalue weighted by molar-refractivity contribution is 0.0983. The molecule has 2 nitrogen and oxygen atoms in total. The van der Waals surface area contributed by atoms with Crippen molar-refractivity contribution in [3.05, 3.63) is 70.9 Å². The lowest BCUT2D eigenvalue weighted by Gasteiger charge is -2.07. The number of Topliss-reactive ketones (excluding diaryl/α,β-unsaturated/α-hetero) is 1. The van der Waals surface area contributed by atoms with Crippen LogP contribution in [0.2, 0.25) is 0 Å². The fourth-order valence-corrected chi connectivity index (χ4v) is 2.74. The van der Waals surface area contributed by atoms with Crippen molar-refractivity contribution in [1.29, 1.82) is 0 Å². The molecule has 0 aliphatic heterocycles. The second kappa shape index (κ2) is 5.57. The summed E-state index contributed by atoms with van der Waals surface area (Å²) < 4.78 is 0. The fourth-order valence-electron chi connectivity index (χ4n) is 2.74. The largest absolute Gasteiger partial charge is 0.361 e. The van der Waals surface area contributed by atoms with Gasteiger partial charge in [0.1, 0.15) is 0 Å². The Morgan fingerprint density at radius 1 is 1.05 bits per heavy atom. The average molecular weight is 277 g/mol. The molecule has 1 N–H and O–H groups in total. The van der Waals surface area contributed by atoms with Gasteiger partial charge in [-0.25, -0.2) is 0 Å². The number of nitrogens with one attached hydrogen (secondary N) is 1. The van der Waals surface area contributed by atoms with E-state index in [2.05, 4.69) is 37.0 Å². The Balaban J connectivity index is 1.73. The number of aromatic nitrogens is 1. The lowest BCUT2D eigenvalue weighted by atomic mass is 9.98. The molecule has 0 atom stereocenters. The average Bonchev–Trinajstić information content (AvgIpc) is 2.93. The number of hydrogen-bond acceptors (Lipinski definition) is 1. The predicted octanol–water partition coefficient (Wildman–Crippen LogP) is 4.60. The maximum Gasteiger partial charge on any atom is 0.163 e. The van der Waals surface area contributed by atoms with Gasteiger partial charge in [-0.05, 0) is 48.9 Å². The van der Waals surface area contributed by atoms with Crippen LogP contribution < -0.4 is 0 Å². The fraction of sp³-hybridized carbons (Fsp3) is 0.211. The smallest absolute Gasteiger partial charge is 0.163 e. The van der Waals surface area contributed by atoms with Crippen molar-refractivity contribution in [2.24, 2.45) is 0 Å². The van der Waals surface area contributed by atoms with Gasteiger partial charge in [-0.15, -0.1) is 0 Å². The third kappa shape index (κ3) is 2.89. The maximum atomic E-state index is 12.3. The van der Waals surface area contributed by atoms with Crippen LogP contribution in [0.4, 0.5) is 0 Å². The molecule has 1 aromatic heterocycles. The van der Waals surface area contributed by atoms with E-state index in [1.54, 1.807) is 0 Å². The van der Waals surface area contributed by atoms with Gasteiger partial charge in [0.05, 0.1) is 0 Å². The van der Waals surface area contributed by atoms with Gasteiger partial charge < -0.3 is 4.98 Å². The summed E-state index contributed by atoms with van der Waals surface area (Å²) in [6.07, 6.45) is 3.25. The van der Waals surface area contributed by atoms with E-state index in [1.165, 1.54) is 16.7 Å². The Morgan fingerprint density at radius 2 is 1.90 bits per heavy atom. The first kappa shape index (κ1) is 13.6. The number of ketones is 1. The monoisotopic (exact) mass is 277 g/mol. The van der Waals surface area contributed by atoms with Gasteiger partial charge in [0.2, 0.25) is 0 Å². The quantitative estimate of drug-likeness (QED) is 0.694. The molecule has 0 bridgehead atoms. The predicted molar refractivity (Wildman–Crippen MR) is 86.9 cm³/mol. The molecule has 0 radical (unpaired) electrons. The number of aryl methyl sites for hydroxylation is 3. The van der Waals surface area contributed by atoms with E-state index in [1.807, 2.05) is 30.5 Å². The van der Waals surface area contributed by atoms with Gasteiger partial charge in [0, 0.05) is 23.7 Å². The number of fused-ring (bicyclic) bond motifs is 1. The minimum atomic E-state index is 0.200. The molecule has 2 heteroatoms. The molecule has 0 aliphatic carbocycles. The maximum absolute atomic E-state index is 12.3. The lowest BCUT2D eigenvalue weighted by Crippen LogP contribution is -2.02. The number of aromatic amines is 1. The molecule has 0 amide bonds.